The van der Waals surface area contributed by atoms with Crippen LogP contribution in [0.3, 0.4) is 0 Å². The summed E-state index contributed by atoms with van der Waals surface area (Å²) in [5.41, 5.74) is 4.74. The lowest BCUT2D eigenvalue weighted by Gasteiger charge is -2.15. The van der Waals surface area contributed by atoms with E-state index in [1.54, 1.807) is 0 Å². The molecule has 0 unspecified atom stereocenters. The fraction of sp³-hybridized carbons (Fsp3) is 0.312. The molecule has 0 aliphatic carbocycles. The van der Waals surface area contributed by atoms with Gasteiger partial charge in [-0.05, 0) is 30.0 Å². The van der Waals surface area contributed by atoms with Gasteiger partial charge in [0.15, 0.2) is 0 Å². The number of hydrogen-bond acceptors (Lipinski definition) is 5. The summed E-state index contributed by atoms with van der Waals surface area (Å²) in [6, 6.07) is 3.50. The van der Waals surface area contributed by atoms with Crippen LogP contribution < -0.4 is 20.5 Å². The Balaban J connectivity index is 1.95. The number of aromatic nitrogens is 1. The lowest BCUT2D eigenvalue weighted by Crippen LogP contribution is -2.31. The molecule has 138 valence electrons. The van der Waals surface area contributed by atoms with E-state index in [9.17, 15) is 22.8 Å². The zero-order valence-corrected chi connectivity index (χ0v) is 13.3. The van der Waals surface area contributed by atoms with Gasteiger partial charge in [0.25, 0.3) is 5.91 Å². The quantitative estimate of drug-likeness (QED) is 0.838. The Morgan fingerprint density at radius 1 is 1.38 bits per heavy atom. The van der Waals surface area contributed by atoms with Crippen LogP contribution in [0, 0.1) is 0 Å². The maximum absolute atomic E-state index is 12.6. The molecule has 2 heterocycles. The van der Waals surface area contributed by atoms with Gasteiger partial charge in [-0.3, -0.25) is 9.59 Å². The van der Waals surface area contributed by atoms with Crippen LogP contribution in [0.2, 0.25) is 0 Å². The van der Waals surface area contributed by atoms with Gasteiger partial charge >= 0.3 is 6.36 Å². The average Bonchev–Trinajstić information content (AvgIpc) is 2.96. The highest BCUT2D eigenvalue weighted by Crippen LogP contribution is 2.33. The molecule has 3 N–H and O–H groups in total. The number of halogens is 3. The second kappa shape index (κ2) is 6.70. The molecule has 1 fully saturated rings. The zero-order valence-electron chi connectivity index (χ0n) is 13.3. The number of hydrogen-bond donors (Lipinski definition) is 2. The molecule has 1 aromatic heterocycles. The smallest absolute Gasteiger partial charge is 0.475 e. The third-order valence-corrected chi connectivity index (χ3v) is 3.83. The Hall–Kier alpha value is -3.04. The van der Waals surface area contributed by atoms with E-state index in [-0.39, 0.29) is 29.8 Å². The second-order valence-electron chi connectivity index (χ2n) is 5.71. The van der Waals surface area contributed by atoms with Crippen molar-refractivity contribution in [2.24, 2.45) is 5.73 Å². The molecular weight excluding hydrogens is 355 g/mol. The van der Waals surface area contributed by atoms with Crippen LogP contribution >= 0.6 is 0 Å². The minimum absolute atomic E-state index is 0.0618. The molecule has 1 aromatic carbocycles. The Morgan fingerprint density at radius 3 is 2.77 bits per heavy atom. The minimum atomic E-state index is -4.99. The fourth-order valence-electron chi connectivity index (χ4n) is 2.67. The Kier molecular flexibility index (Phi) is 4.58. The lowest BCUT2D eigenvalue weighted by atomic mass is 10.1. The summed E-state index contributed by atoms with van der Waals surface area (Å²) < 4.78 is 47.3. The highest BCUT2D eigenvalue weighted by atomic mass is 19.4. The summed E-state index contributed by atoms with van der Waals surface area (Å²) in [5.74, 6) is -1.81. The second-order valence-corrected chi connectivity index (χ2v) is 5.71. The third-order valence-electron chi connectivity index (χ3n) is 3.83. The SMILES string of the molecule is NC(=O)c1cc2ccnc(OC[C@@H]3CCC(=O)N3)c2cc1OC(F)(F)F. The van der Waals surface area contributed by atoms with Gasteiger partial charge in [0.2, 0.25) is 11.8 Å². The van der Waals surface area contributed by atoms with Crippen molar-refractivity contribution in [3.05, 3.63) is 30.0 Å². The van der Waals surface area contributed by atoms with Crippen LogP contribution in [0.1, 0.15) is 23.2 Å². The Labute approximate surface area is 145 Å². The number of carbonyl (C=O) groups excluding carboxylic acids is 2. The molecule has 1 aliphatic rings. The molecular formula is C16H14F3N3O4. The number of carbonyl (C=O) groups is 2. The predicted octanol–water partition coefficient (Wildman–Crippen LogP) is 1.89. The van der Waals surface area contributed by atoms with Crippen LogP contribution in [0.4, 0.5) is 13.2 Å². The van der Waals surface area contributed by atoms with E-state index >= 15 is 0 Å². The van der Waals surface area contributed by atoms with E-state index in [2.05, 4.69) is 15.0 Å². The van der Waals surface area contributed by atoms with Gasteiger partial charge in [-0.2, -0.15) is 0 Å². The molecule has 0 radical (unpaired) electrons. The lowest BCUT2D eigenvalue weighted by molar-refractivity contribution is -0.274. The topological polar surface area (TPSA) is 104 Å². The molecule has 7 nitrogen and oxygen atoms in total. The molecule has 0 saturated carbocycles. The number of fused-ring (bicyclic) bond motifs is 1. The summed E-state index contributed by atoms with van der Waals surface area (Å²) in [6.45, 7) is 0.116. The van der Waals surface area contributed by atoms with E-state index in [4.69, 9.17) is 10.5 Å². The number of benzene rings is 1. The number of nitrogens with one attached hydrogen (secondary N) is 1. The van der Waals surface area contributed by atoms with Crippen molar-refractivity contribution >= 4 is 22.6 Å². The number of amides is 2. The number of primary amides is 1. The maximum Gasteiger partial charge on any atom is 0.573 e. The number of nitrogens with zero attached hydrogens (tertiary/aromatic N) is 1. The van der Waals surface area contributed by atoms with Crippen molar-refractivity contribution in [1.82, 2.24) is 10.3 Å². The van der Waals surface area contributed by atoms with Crippen molar-refractivity contribution in [3.8, 4) is 11.6 Å². The number of nitrogens with two attached hydrogens (primary N) is 1. The van der Waals surface area contributed by atoms with E-state index < -0.39 is 23.6 Å². The van der Waals surface area contributed by atoms with Gasteiger partial charge in [-0.25, -0.2) is 4.98 Å². The largest absolute Gasteiger partial charge is 0.573 e. The van der Waals surface area contributed by atoms with Crippen LogP contribution in [-0.2, 0) is 4.79 Å². The van der Waals surface area contributed by atoms with Gasteiger partial charge in [0, 0.05) is 18.0 Å². The van der Waals surface area contributed by atoms with Gasteiger partial charge < -0.3 is 20.5 Å². The Morgan fingerprint density at radius 2 is 2.15 bits per heavy atom. The monoisotopic (exact) mass is 369 g/mol. The first-order chi connectivity index (χ1) is 12.2. The highest BCUT2D eigenvalue weighted by molar-refractivity contribution is 6.01. The Bertz CT molecular complexity index is 870. The first-order valence-electron chi connectivity index (χ1n) is 7.63. The van der Waals surface area contributed by atoms with E-state index in [1.807, 2.05) is 0 Å². The normalized spacial score (nSPS) is 17.2. The minimum Gasteiger partial charge on any atom is -0.475 e. The summed E-state index contributed by atoms with van der Waals surface area (Å²) in [5, 5.41) is 3.35. The van der Waals surface area contributed by atoms with Crippen molar-refractivity contribution in [1.29, 1.82) is 0 Å². The van der Waals surface area contributed by atoms with Crippen LogP contribution in [0.5, 0.6) is 11.6 Å². The zero-order chi connectivity index (χ0) is 18.9. The average molecular weight is 369 g/mol. The summed E-state index contributed by atoms with van der Waals surface area (Å²) in [7, 11) is 0. The number of alkyl halides is 3. The van der Waals surface area contributed by atoms with E-state index in [1.165, 1.54) is 18.3 Å². The van der Waals surface area contributed by atoms with E-state index in [0.717, 1.165) is 6.07 Å². The summed E-state index contributed by atoms with van der Waals surface area (Å²) >= 11 is 0. The van der Waals surface area contributed by atoms with Gasteiger partial charge in [-0.1, -0.05) is 0 Å². The van der Waals surface area contributed by atoms with Crippen molar-refractivity contribution in [2.45, 2.75) is 25.2 Å². The van der Waals surface area contributed by atoms with Crippen molar-refractivity contribution < 1.29 is 32.2 Å². The molecule has 0 spiro atoms. The van der Waals surface area contributed by atoms with Crippen molar-refractivity contribution in [3.63, 3.8) is 0 Å². The first kappa shape index (κ1) is 17.8. The van der Waals surface area contributed by atoms with Crippen LogP contribution in [0.25, 0.3) is 10.8 Å². The fourth-order valence-corrected chi connectivity index (χ4v) is 2.67. The summed E-state index contributed by atoms with van der Waals surface area (Å²) in [4.78, 5) is 26.7. The number of ether oxygens (including phenoxy) is 2. The molecule has 2 aromatic rings. The molecule has 10 heteroatoms. The standard InChI is InChI=1S/C16H14F3N3O4/c17-16(18,19)26-12-6-10-8(5-11(12)14(20)24)3-4-21-15(10)25-7-9-1-2-13(23)22-9/h3-6,9H,1-2,7H2,(H2,20,24)(H,22,23)/t9-/m0/s1. The molecule has 1 saturated heterocycles. The highest BCUT2D eigenvalue weighted by Gasteiger charge is 2.33. The van der Waals surface area contributed by atoms with Crippen LogP contribution in [-0.4, -0.2) is 35.8 Å². The molecule has 1 aliphatic heterocycles. The molecule has 0 bridgehead atoms. The molecule has 2 amide bonds. The maximum atomic E-state index is 12.6. The first-order valence-corrected chi connectivity index (χ1v) is 7.63. The van der Waals surface area contributed by atoms with Gasteiger partial charge in [0.05, 0.1) is 11.6 Å². The number of pyridine rings is 1. The van der Waals surface area contributed by atoms with Crippen LogP contribution in [0.15, 0.2) is 24.4 Å². The summed E-state index contributed by atoms with van der Waals surface area (Å²) in [6.07, 6.45) is -2.62. The third kappa shape index (κ3) is 3.95. The predicted molar refractivity (Wildman–Crippen MR) is 83.6 cm³/mol. The number of rotatable bonds is 5. The molecule has 1 atom stereocenters. The molecule has 3 rings (SSSR count). The van der Waals surface area contributed by atoms with Gasteiger partial charge in [-0.15, -0.1) is 13.2 Å². The molecule has 26 heavy (non-hydrogen) atoms. The van der Waals surface area contributed by atoms with E-state index in [0.29, 0.717) is 18.2 Å². The van der Waals surface area contributed by atoms with Gasteiger partial charge in [0.1, 0.15) is 12.4 Å². The van der Waals surface area contributed by atoms with Crippen molar-refractivity contribution in [2.75, 3.05) is 6.61 Å².